The van der Waals surface area contributed by atoms with E-state index in [9.17, 15) is 0 Å². The molecule has 23 heavy (non-hydrogen) atoms. The Morgan fingerprint density at radius 3 is 2.35 bits per heavy atom. The Morgan fingerprint density at radius 2 is 1.65 bits per heavy atom. The normalized spacial score (nSPS) is 10.7. The molecule has 3 aromatic rings. The minimum absolute atomic E-state index is 0.515. The highest BCUT2D eigenvalue weighted by Crippen LogP contribution is 2.24. The lowest BCUT2D eigenvalue weighted by atomic mass is 10.1. The molecule has 0 saturated heterocycles. The Morgan fingerprint density at radius 1 is 0.957 bits per heavy atom. The van der Waals surface area contributed by atoms with E-state index < -0.39 is 0 Å². The first-order valence-electron chi connectivity index (χ1n) is 7.72. The summed E-state index contributed by atoms with van der Waals surface area (Å²) in [5, 5.41) is 8.17. The third-order valence-corrected chi connectivity index (χ3v) is 3.65. The van der Waals surface area contributed by atoms with Gasteiger partial charge in [0, 0.05) is 5.56 Å². The summed E-state index contributed by atoms with van der Waals surface area (Å²) in [6.45, 7) is 6.74. The summed E-state index contributed by atoms with van der Waals surface area (Å²) in [6, 6.07) is 14.0. The van der Waals surface area contributed by atoms with Crippen molar-refractivity contribution in [3.8, 4) is 17.2 Å². The van der Waals surface area contributed by atoms with Gasteiger partial charge in [-0.25, -0.2) is 0 Å². The summed E-state index contributed by atoms with van der Waals surface area (Å²) in [5.74, 6) is 2.08. The number of aryl methyl sites for hydroxylation is 3. The molecule has 1 heterocycles. The third-order valence-electron chi connectivity index (χ3n) is 3.65. The fourth-order valence-corrected chi connectivity index (χ4v) is 2.69. The van der Waals surface area contributed by atoms with Crippen LogP contribution in [0, 0.1) is 20.8 Å². The largest absolute Gasteiger partial charge is 0.493 e. The highest BCUT2D eigenvalue weighted by Gasteiger charge is 2.09. The average Bonchev–Trinajstić information content (AvgIpc) is 2.99. The van der Waals surface area contributed by atoms with E-state index >= 15 is 0 Å². The van der Waals surface area contributed by atoms with Crippen molar-refractivity contribution in [3.63, 3.8) is 0 Å². The fraction of sp³-hybridized carbons (Fsp3) is 0.263. The summed E-state index contributed by atoms with van der Waals surface area (Å²) in [6.07, 6.45) is 0.590. The molecule has 3 rings (SSSR count). The molecule has 0 bridgehead atoms. The maximum absolute atomic E-state index is 5.91. The summed E-state index contributed by atoms with van der Waals surface area (Å²) in [7, 11) is 0. The van der Waals surface area contributed by atoms with Gasteiger partial charge in [-0.15, -0.1) is 10.2 Å². The van der Waals surface area contributed by atoms with E-state index in [4.69, 9.17) is 9.15 Å². The SMILES string of the molecule is Cc1cc(C)c(OCCc2nnc(-c3ccccc3)o2)c(C)c1. The van der Waals surface area contributed by atoms with E-state index in [1.165, 1.54) is 5.56 Å². The van der Waals surface area contributed by atoms with Crippen molar-refractivity contribution in [1.29, 1.82) is 0 Å². The van der Waals surface area contributed by atoms with Crippen LogP contribution in [0.25, 0.3) is 11.5 Å². The van der Waals surface area contributed by atoms with Gasteiger partial charge in [0.2, 0.25) is 11.8 Å². The fourth-order valence-electron chi connectivity index (χ4n) is 2.69. The molecule has 0 spiro atoms. The molecule has 4 heteroatoms. The van der Waals surface area contributed by atoms with E-state index in [2.05, 4.69) is 43.1 Å². The standard InChI is InChI=1S/C19H20N2O2/c1-13-11-14(2)18(15(3)12-13)22-10-9-17-20-21-19(23-17)16-7-5-4-6-8-16/h4-8,11-12H,9-10H2,1-3H3. The lowest BCUT2D eigenvalue weighted by molar-refractivity contribution is 0.303. The molecule has 0 saturated carbocycles. The van der Waals surface area contributed by atoms with Gasteiger partial charge < -0.3 is 9.15 Å². The molecule has 2 aromatic carbocycles. The van der Waals surface area contributed by atoms with Crippen molar-refractivity contribution in [2.75, 3.05) is 6.61 Å². The van der Waals surface area contributed by atoms with Crippen LogP contribution >= 0.6 is 0 Å². The molecule has 0 radical (unpaired) electrons. The first-order chi connectivity index (χ1) is 11.1. The number of rotatable bonds is 5. The molecule has 0 amide bonds. The van der Waals surface area contributed by atoms with Gasteiger partial charge in [-0.05, 0) is 44.0 Å². The van der Waals surface area contributed by atoms with Gasteiger partial charge in [0.05, 0.1) is 13.0 Å². The first kappa shape index (κ1) is 15.3. The van der Waals surface area contributed by atoms with Gasteiger partial charge in [-0.2, -0.15) is 0 Å². The van der Waals surface area contributed by atoms with Crippen molar-refractivity contribution >= 4 is 0 Å². The summed E-state index contributed by atoms with van der Waals surface area (Å²) >= 11 is 0. The quantitative estimate of drug-likeness (QED) is 0.705. The van der Waals surface area contributed by atoms with Crippen LogP contribution in [-0.4, -0.2) is 16.8 Å². The van der Waals surface area contributed by atoms with E-state index in [1.807, 2.05) is 30.3 Å². The van der Waals surface area contributed by atoms with Crippen LogP contribution < -0.4 is 4.74 Å². The van der Waals surface area contributed by atoms with Crippen molar-refractivity contribution in [2.45, 2.75) is 27.2 Å². The molecule has 0 atom stereocenters. The second kappa shape index (κ2) is 6.65. The molecule has 0 unspecified atom stereocenters. The van der Waals surface area contributed by atoms with Gasteiger partial charge >= 0.3 is 0 Å². The molecule has 118 valence electrons. The topological polar surface area (TPSA) is 48.2 Å². The molecule has 0 N–H and O–H groups in total. The van der Waals surface area contributed by atoms with Crippen LogP contribution in [0.1, 0.15) is 22.6 Å². The van der Waals surface area contributed by atoms with Crippen LogP contribution in [0.3, 0.4) is 0 Å². The molecular formula is C19H20N2O2. The average molecular weight is 308 g/mol. The molecule has 4 nitrogen and oxygen atoms in total. The van der Waals surface area contributed by atoms with E-state index in [0.717, 1.165) is 22.4 Å². The maximum atomic E-state index is 5.91. The lowest BCUT2D eigenvalue weighted by Gasteiger charge is -2.12. The van der Waals surface area contributed by atoms with Crippen molar-refractivity contribution in [3.05, 3.63) is 65.0 Å². The predicted octanol–water partition coefficient (Wildman–Crippen LogP) is 4.28. The zero-order valence-electron chi connectivity index (χ0n) is 13.7. The van der Waals surface area contributed by atoms with Crippen LogP contribution in [0.2, 0.25) is 0 Å². The molecular weight excluding hydrogens is 288 g/mol. The second-order valence-electron chi connectivity index (χ2n) is 5.69. The molecule has 0 fully saturated rings. The maximum Gasteiger partial charge on any atom is 0.247 e. The molecule has 0 aliphatic heterocycles. The molecule has 1 aromatic heterocycles. The third kappa shape index (κ3) is 3.59. The van der Waals surface area contributed by atoms with E-state index in [0.29, 0.717) is 24.8 Å². The van der Waals surface area contributed by atoms with Gasteiger partial charge in [-0.3, -0.25) is 0 Å². The lowest BCUT2D eigenvalue weighted by Crippen LogP contribution is -2.04. The Bertz CT molecular complexity index is 771. The Kier molecular flexibility index (Phi) is 4.42. The van der Waals surface area contributed by atoms with Crippen LogP contribution in [0.5, 0.6) is 5.75 Å². The monoisotopic (exact) mass is 308 g/mol. The number of hydrogen-bond donors (Lipinski definition) is 0. The number of hydrogen-bond acceptors (Lipinski definition) is 4. The predicted molar refractivity (Wildman–Crippen MR) is 89.6 cm³/mol. The summed E-state index contributed by atoms with van der Waals surface area (Å²) in [5.41, 5.74) is 4.48. The minimum Gasteiger partial charge on any atom is -0.493 e. The first-order valence-corrected chi connectivity index (χ1v) is 7.72. The zero-order valence-corrected chi connectivity index (χ0v) is 13.7. The Balaban J connectivity index is 1.63. The number of aromatic nitrogens is 2. The van der Waals surface area contributed by atoms with Gasteiger partial charge in [-0.1, -0.05) is 35.9 Å². The van der Waals surface area contributed by atoms with Crippen molar-refractivity contribution < 1.29 is 9.15 Å². The van der Waals surface area contributed by atoms with E-state index in [-0.39, 0.29) is 0 Å². The number of ether oxygens (including phenoxy) is 1. The molecule has 0 aliphatic rings. The Labute approximate surface area is 136 Å². The Hall–Kier alpha value is -2.62. The second-order valence-corrected chi connectivity index (χ2v) is 5.69. The smallest absolute Gasteiger partial charge is 0.247 e. The summed E-state index contributed by atoms with van der Waals surface area (Å²) < 4.78 is 11.6. The number of nitrogens with zero attached hydrogens (tertiary/aromatic N) is 2. The highest BCUT2D eigenvalue weighted by molar-refractivity contribution is 5.51. The van der Waals surface area contributed by atoms with Crippen molar-refractivity contribution in [1.82, 2.24) is 10.2 Å². The van der Waals surface area contributed by atoms with Gasteiger partial charge in [0.15, 0.2) is 0 Å². The van der Waals surface area contributed by atoms with Crippen molar-refractivity contribution in [2.24, 2.45) is 0 Å². The minimum atomic E-state index is 0.515. The molecule has 0 aliphatic carbocycles. The van der Waals surface area contributed by atoms with Crippen LogP contribution in [-0.2, 0) is 6.42 Å². The van der Waals surface area contributed by atoms with Gasteiger partial charge in [0.1, 0.15) is 5.75 Å². The van der Waals surface area contributed by atoms with Crippen LogP contribution in [0.4, 0.5) is 0 Å². The summed E-state index contributed by atoms with van der Waals surface area (Å²) in [4.78, 5) is 0. The highest BCUT2D eigenvalue weighted by atomic mass is 16.5. The van der Waals surface area contributed by atoms with Crippen LogP contribution in [0.15, 0.2) is 46.9 Å². The number of benzene rings is 2. The van der Waals surface area contributed by atoms with E-state index in [1.54, 1.807) is 0 Å². The zero-order chi connectivity index (χ0) is 16.2. The van der Waals surface area contributed by atoms with Gasteiger partial charge in [0.25, 0.3) is 0 Å².